The largest absolute Gasteiger partial charge is 0.284 e. The monoisotopic (exact) mass is 365 g/mol. The van der Waals surface area contributed by atoms with Gasteiger partial charge in [0.15, 0.2) is 5.17 Å². The van der Waals surface area contributed by atoms with Crippen molar-refractivity contribution in [1.29, 1.82) is 0 Å². The van der Waals surface area contributed by atoms with Gasteiger partial charge in [-0.1, -0.05) is 72.8 Å². The van der Waals surface area contributed by atoms with Crippen molar-refractivity contribution < 1.29 is 4.79 Å². The number of amidine groups is 1. The van der Waals surface area contributed by atoms with Crippen LogP contribution in [0.5, 0.6) is 0 Å². The fourth-order valence-corrected chi connectivity index (χ4v) is 3.77. The quantitative estimate of drug-likeness (QED) is 0.576. The summed E-state index contributed by atoms with van der Waals surface area (Å²) in [6, 6.07) is 16.2. The molecule has 0 spiro atoms. The first-order valence-electron chi connectivity index (χ1n) is 8.78. The Morgan fingerprint density at radius 1 is 1.12 bits per heavy atom. The molecule has 2 aromatic carbocycles. The molecule has 1 aliphatic heterocycles. The predicted octanol–water partition coefficient (Wildman–Crippen LogP) is 4.55. The molecule has 1 atom stereocenters. The van der Waals surface area contributed by atoms with Gasteiger partial charge >= 0.3 is 0 Å². The molecule has 0 bridgehead atoms. The fourth-order valence-electron chi connectivity index (χ4n) is 2.75. The maximum absolute atomic E-state index is 12.7. The highest BCUT2D eigenvalue weighted by atomic mass is 32.2. The minimum atomic E-state index is -0.0765. The zero-order valence-electron chi connectivity index (χ0n) is 15.3. The Kier molecular flexibility index (Phi) is 5.89. The molecule has 1 heterocycles. The van der Waals surface area contributed by atoms with Gasteiger partial charge in [0.1, 0.15) is 0 Å². The number of carbonyl (C=O) groups is 1. The van der Waals surface area contributed by atoms with Crippen LogP contribution >= 0.6 is 11.8 Å². The van der Waals surface area contributed by atoms with Crippen LogP contribution in [-0.2, 0) is 11.3 Å². The third-order valence-corrected chi connectivity index (χ3v) is 5.74. The number of aryl methyl sites for hydroxylation is 2. The molecule has 0 radical (unpaired) electrons. The Morgan fingerprint density at radius 2 is 1.85 bits per heavy atom. The molecule has 0 aromatic heterocycles. The van der Waals surface area contributed by atoms with Crippen LogP contribution in [0.1, 0.15) is 35.6 Å². The van der Waals surface area contributed by atoms with Crippen LogP contribution in [0.3, 0.4) is 0 Å². The van der Waals surface area contributed by atoms with Crippen LogP contribution in [-0.4, -0.2) is 27.4 Å². The lowest BCUT2D eigenvalue weighted by Crippen LogP contribution is -2.31. The summed E-state index contributed by atoms with van der Waals surface area (Å²) in [5, 5.41) is 9.17. The molecule has 2 aromatic rings. The molecule has 134 valence electrons. The smallest absolute Gasteiger partial charge is 0.242 e. The maximum atomic E-state index is 12.7. The van der Waals surface area contributed by atoms with Crippen LogP contribution in [0.4, 0.5) is 0 Å². The normalized spacial score (nSPS) is 19.0. The van der Waals surface area contributed by atoms with Gasteiger partial charge in [-0.2, -0.15) is 5.10 Å². The molecule has 3 rings (SSSR count). The predicted molar refractivity (Wildman–Crippen MR) is 110 cm³/mol. The number of hydrogen-bond donors (Lipinski definition) is 0. The second-order valence-corrected chi connectivity index (χ2v) is 7.57. The number of rotatable bonds is 5. The minimum Gasteiger partial charge on any atom is -0.284 e. The Morgan fingerprint density at radius 3 is 2.54 bits per heavy atom. The molecular formula is C21H23N3OS. The van der Waals surface area contributed by atoms with Gasteiger partial charge in [-0.3, -0.25) is 9.69 Å². The number of hydrogen-bond acceptors (Lipinski definition) is 4. The summed E-state index contributed by atoms with van der Waals surface area (Å²) < 4.78 is 0. The third-order valence-electron chi connectivity index (χ3n) is 4.41. The second-order valence-electron chi connectivity index (χ2n) is 6.40. The molecule has 0 aliphatic carbocycles. The highest BCUT2D eigenvalue weighted by molar-refractivity contribution is 8.15. The van der Waals surface area contributed by atoms with Gasteiger partial charge in [0.05, 0.1) is 18.0 Å². The first-order valence-corrected chi connectivity index (χ1v) is 9.66. The first-order chi connectivity index (χ1) is 12.6. The molecule has 5 heteroatoms. The van der Waals surface area contributed by atoms with E-state index in [9.17, 15) is 4.79 Å². The standard InChI is InChI=1S/C21H23N3OS/c1-4-19-20(25)24(14-18-8-6-5-7-16(18)3)21(26-19)23-22-13-17-11-9-15(2)10-12-17/h5-13,19H,4,14H2,1-3H3/b22-13-,23-21+/t19-/m1/s1. The van der Waals surface area contributed by atoms with Gasteiger partial charge < -0.3 is 0 Å². The number of amides is 1. The van der Waals surface area contributed by atoms with E-state index in [0.717, 1.165) is 17.5 Å². The van der Waals surface area contributed by atoms with Crippen molar-refractivity contribution in [2.75, 3.05) is 0 Å². The van der Waals surface area contributed by atoms with E-state index in [1.54, 1.807) is 11.1 Å². The zero-order chi connectivity index (χ0) is 18.5. The van der Waals surface area contributed by atoms with E-state index in [2.05, 4.69) is 36.2 Å². The van der Waals surface area contributed by atoms with E-state index in [-0.39, 0.29) is 11.2 Å². The summed E-state index contributed by atoms with van der Waals surface area (Å²) in [4.78, 5) is 14.5. The topological polar surface area (TPSA) is 45.0 Å². The Balaban J connectivity index is 1.81. The minimum absolute atomic E-state index is 0.0765. The molecule has 0 unspecified atom stereocenters. The van der Waals surface area contributed by atoms with Crippen molar-refractivity contribution in [3.05, 3.63) is 70.8 Å². The number of nitrogens with zero attached hydrogens (tertiary/aromatic N) is 3. The molecule has 1 amide bonds. The highest BCUT2D eigenvalue weighted by Crippen LogP contribution is 2.31. The van der Waals surface area contributed by atoms with Gasteiger partial charge in [0.2, 0.25) is 5.91 Å². The molecule has 26 heavy (non-hydrogen) atoms. The number of carbonyl (C=O) groups excluding carboxylic acids is 1. The Hall–Kier alpha value is -2.40. The van der Waals surface area contributed by atoms with Crippen molar-refractivity contribution in [2.45, 2.75) is 39.0 Å². The lowest BCUT2D eigenvalue weighted by molar-refractivity contribution is -0.126. The Bertz CT molecular complexity index is 843. The zero-order valence-corrected chi connectivity index (χ0v) is 16.2. The van der Waals surface area contributed by atoms with E-state index < -0.39 is 0 Å². The average molecular weight is 366 g/mol. The molecular weight excluding hydrogens is 342 g/mol. The van der Waals surface area contributed by atoms with E-state index >= 15 is 0 Å². The highest BCUT2D eigenvalue weighted by Gasteiger charge is 2.37. The summed E-state index contributed by atoms with van der Waals surface area (Å²) in [6.07, 6.45) is 2.51. The van der Waals surface area contributed by atoms with Crippen molar-refractivity contribution in [3.8, 4) is 0 Å². The van der Waals surface area contributed by atoms with Gasteiger partial charge in [-0.15, -0.1) is 5.10 Å². The summed E-state index contributed by atoms with van der Waals surface area (Å²) in [7, 11) is 0. The van der Waals surface area contributed by atoms with Gasteiger partial charge in [0.25, 0.3) is 0 Å². The summed E-state index contributed by atoms with van der Waals surface area (Å²) in [6.45, 7) is 6.68. The molecule has 1 fully saturated rings. The van der Waals surface area contributed by atoms with Crippen molar-refractivity contribution in [3.63, 3.8) is 0 Å². The fraction of sp³-hybridized carbons (Fsp3) is 0.286. The van der Waals surface area contributed by atoms with Crippen LogP contribution in [0, 0.1) is 13.8 Å². The van der Waals surface area contributed by atoms with Crippen molar-refractivity contribution in [2.24, 2.45) is 10.2 Å². The summed E-state index contributed by atoms with van der Waals surface area (Å²) in [5.74, 6) is 0.116. The lowest BCUT2D eigenvalue weighted by Gasteiger charge is -2.17. The van der Waals surface area contributed by atoms with Gasteiger partial charge in [-0.05, 0) is 37.0 Å². The number of benzene rings is 2. The average Bonchev–Trinajstić information content (AvgIpc) is 2.94. The van der Waals surface area contributed by atoms with E-state index in [0.29, 0.717) is 11.7 Å². The SMILES string of the molecule is CC[C@H]1S/C(=N/N=C\c2ccc(C)cc2)N(Cc2ccccc2C)C1=O. The molecule has 0 N–H and O–H groups in total. The van der Waals surface area contributed by atoms with E-state index in [4.69, 9.17) is 0 Å². The molecule has 1 saturated heterocycles. The summed E-state index contributed by atoms with van der Waals surface area (Å²) >= 11 is 1.50. The van der Waals surface area contributed by atoms with Gasteiger partial charge in [-0.25, -0.2) is 0 Å². The van der Waals surface area contributed by atoms with Crippen LogP contribution in [0.15, 0.2) is 58.7 Å². The van der Waals surface area contributed by atoms with Crippen molar-refractivity contribution in [1.82, 2.24) is 4.90 Å². The first kappa shape index (κ1) is 18.4. The molecule has 0 saturated carbocycles. The van der Waals surface area contributed by atoms with Crippen LogP contribution in [0.25, 0.3) is 0 Å². The van der Waals surface area contributed by atoms with Gasteiger partial charge in [0, 0.05) is 0 Å². The summed E-state index contributed by atoms with van der Waals surface area (Å²) in [5.41, 5.74) is 4.51. The lowest BCUT2D eigenvalue weighted by atomic mass is 10.1. The number of thioether (sulfide) groups is 1. The molecule has 4 nitrogen and oxygen atoms in total. The van der Waals surface area contributed by atoms with Crippen LogP contribution in [0.2, 0.25) is 0 Å². The molecule has 1 aliphatic rings. The van der Waals surface area contributed by atoms with E-state index in [1.165, 1.54) is 22.9 Å². The van der Waals surface area contributed by atoms with Crippen LogP contribution < -0.4 is 0 Å². The van der Waals surface area contributed by atoms with Crippen molar-refractivity contribution >= 4 is 29.1 Å². The Labute approximate surface area is 159 Å². The third kappa shape index (κ3) is 4.22. The second kappa shape index (κ2) is 8.32. The van der Waals surface area contributed by atoms with E-state index in [1.807, 2.05) is 43.3 Å². The maximum Gasteiger partial charge on any atom is 0.242 e.